The Balaban J connectivity index is 2.12. The number of anilines is 2. The van der Waals surface area contributed by atoms with Crippen molar-refractivity contribution in [1.29, 1.82) is 0 Å². The molecule has 0 saturated carbocycles. The monoisotopic (exact) mass is 277 g/mol. The average molecular weight is 277 g/mol. The van der Waals surface area contributed by atoms with E-state index in [1.807, 2.05) is 7.05 Å². The SMILES string of the molecule is CCCc1c(NC)ncnc1N1CCN(CCC)CC1. The maximum Gasteiger partial charge on any atom is 0.137 e. The lowest BCUT2D eigenvalue weighted by molar-refractivity contribution is 0.258. The Morgan fingerprint density at radius 1 is 1.10 bits per heavy atom. The fourth-order valence-electron chi connectivity index (χ4n) is 2.87. The van der Waals surface area contributed by atoms with Crippen LogP contribution in [-0.2, 0) is 6.42 Å². The van der Waals surface area contributed by atoms with Crippen LogP contribution in [0.5, 0.6) is 0 Å². The summed E-state index contributed by atoms with van der Waals surface area (Å²) in [6, 6.07) is 0. The van der Waals surface area contributed by atoms with Gasteiger partial charge in [0.05, 0.1) is 0 Å². The van der Waals surface area contributed by atoms with Gasteiger partial charge in [0.15, 0.2) is 0 Å². The lowest BCUT2D eigenvalue weighted by Gasteiger charge is -2.36. The second kappa shape index (κ2) is 7.43. The molecule has 1 saturated heterocycles. The van der Waals surface area contributed by atoms with Crippen molar-refractivity contribution in [1.82, 2.24) is 14.9 Å². The summed E-state index contributed by atoms with van der Waals surface area (Å²) in [4.78, 5) is 13.9. The summed E-state index contributed by atoms with van der Waals surface area (Å²) < 4.78 is 0. The first-order chi connectivity index (χ1) is 9.80. The molecular formula is C15H27N5. The average Bonchev–Trinajstić information content (AvgIpc) is 2.49. The molecule has 1 N–H and O–H groups in total. The fraction of sp³-hybridized carbons (Fsp3) is 0.733. The van der Waals surface area contributed by atoms with E-state index in [4.69, 9.17) is 0 Å². The van der Waals surface area contributed by atoms with Crippen LogP contribution in [0.4, 0.5) is 11.6 Å². The molecule has 2 heterocycles. The summed E-state index contributed by atoms with van der Waals surface area (Å²) >= 11 is 0. The summed E-state index contributed by atoms with van der Waals surface area (Å²) in [7, 11) is 1.93. The summed E-state index contributed by atoms with van der Waals surface area (Å²) in [6.45, 7) is 10.1. The molecule has 112 valence electrons. The van der Waals surface area contributed by atoms with Gasteiger partial charge in [-0.1, -0.05) is 20.3 Å². The van der Waals surface area contributed by atoms with Crippen LogP contribution < -0.4 is 10.2 Å². The number of nitrogens with zero attached hydrogens (tertiary/aromatic N) is 4. The maximum absolute atomic E-state index is 4.56. The van der Waals surface area contributed by atoms with E-state index in [1.165, 1.54) is 18.5 Å². The predicted molar refractivity (Wildman–Crippen MR) is 84.5 cm³/mol. The highest BCUT2D eigenvalue weighted by Gasteiger charge is 2.21. The maximum atomic E-state index is 4.56. The first-order valence-corrected chi connectivity index (χ1v) is 7.79. The molecule has 5 heteroatoms. The lowest BCUT2D eigenvalue weighted by Crippen LogP contribution is -2.47. The van der Waals surface area contributed by atoms with Gasteiger partial charge >= 0.3 is 0 Å². The van der Waals surface area contributed by atoms with E-state index in [2.05, 4.69) is 38.9 Å². The molecule has 0 spiro atoms. The zero-order valence-electron chi connectivity index (χ0n) is 13.0. The molecule has 1 aliphatic rings. The zero-order chi connectivity index (χ0) is 14.4. The normalized spacial score (nSPS) is 16.4. The molecule has 0 atom stereocenters. The molecule has 0 amide bonds. The van der Waals surface area contributed by atoms with E-state index in [1.54, 1.807) is 6.33 Å². The van der Waals surface area contributed by atoms with Crippen molar-refractivity contribution in [2.45, 2.75) is 33.1 Å². The van der Waals surface area contributed by atoms with Crippen LogP contribution in [0, 0.1) is 0 Å². The van der Waals surface area contributed by atoms with Crippen LogP contribution in [0.1, 0.15) is 32.3 Å². The third kappa shape index (κ3) is 3.39. The van der Waals surface area contributed by atoms with E-state index in [0.717, 1.165) is 50.7 Å². The van der Waals surface area contributed by atoms with Gasteiger partial charge in [-0.3, -0.25) is 4.90 Å². The zero-order valence-corrected chi connectivity index (χ0v) is 13.0. The fourth-order valence-corrected chi connectivity index (χ4v) is 2.87. The van der Waals surface area contributed by atoms with Gasteiger partial charge in [-0.05, 0) is 19.4 Å². The first kappa shape index (κ1) is 15.0. The van der Waals surface area contributed by atoms with Crippen LogP contribution in [-0.4, -0.2) is 54.6 Å². The Kier molecular flexibility index (Phi) is 5.59. The second-order valence-corrected chi connectivity index (χ2v) is 5.35. The highest BCUT2D eigenvalue weighted by Crippen LogP contribution is 2.25. The van der Waals surface area contributed by atoms with Crippen LogP contribution >= 0.6 is 0 Å². The Morgan fingerprint density at radius 3 is 2.45 bits per heavy atom. The predicted octanol–water partition coefficient (Wildman–Crippen LogP) is 2.00. The number of hydrogen-bond donors (Lipinski definition) is 1. The molecular weight excluding hydrogens is 250 g/mol. The molecule has 0 unspecified atom stereocenters. The standard InChI is InChI=1S/C15H27N5/c1-4-6-13-14(16-3)17-12-18-15(13)20-10-8-19(7-5-2)9-11-20/h12H,4-11H2,1-3H3,(H,16,17,18). The topological polar surface area (TPSA) is 44.3 Å². The van der Waals surface area contributed by atoms with Crippen LogP contribution in [0.25, 0.3) is 0 Å². The first-order valence-electron chi connectivity index (χ1n) is 7.79. The van der Waals surface area contributed by atoms with Crippen molar-refractivity contribution in [2.24, 2.45) is 0 Å². The Labute approximate surface area is 122 Å². The third-order valence-corrected chi connectivity index (χ3v) is 3.87. The minimum absolute atomic E-state index is 0.979. The van der Waals surface area contributed by atoms with Crippen molar-refractivity contribution in [3.8, 4) is 0 Å². The van der Waals surface area contributed by atoms with E-state index in [9.17, 15) is 0 Å². The van der Waals surface area contributed by atoms with Crippen LogP contribution in [0.15, 0.2) is 6.33 Å². The van der Waals surface area contributed by atoms with Gasteiger partial charge in [0.2, 0.25) is 0 Å². The van der Waals surface area contributed by atoms with E-state index >= 15 is 0 Å². The number of aromatic nitrogens is 2. The van der Waals surface area contributed by atoms with Gasteiger partial charge in [0.1, 0.15) is 18.0 Å². The van der Waals surface area contributed by atoms with Gasteiger partial charge in [0, 0.05) is 38.8 Å². The second-order valence-electron chi connectivity index (χ2n) is 5.35. The van der Waals surface area contributed by atoms with Crippen molar-refractivity contribution in [2.75, 3.05) is 50.0 Å². The van der Waals surface area contributed by atoms with Gasteiger partial charge in [-0.15, -0.1) is 0 Å². The number of hydrogen-bond acceptors (Lipinski definition) is 5. The van der Waals surface area contributed by atoms with E-state index in [-0.39, 0.29) is 0 Å². The summed E-state index contributed by atoms with van der Waals surface area (Å²) in [5, 5.41) is 3.20. The molecule has 1 aromatic heterocycles. The molecule has 0 bridgehead atoms. The highest BCUT2D eigenvalue weighted by atomic mass is 15.3. The summed E-state index contributed by atoms with van der Waals surface area (Å²) in [6.07, 6.45) is 5.06. The smallest absolute Gasteiger partial charge is 0.137 e. The Hall–Kier alpha value is -1.36. The number of piperazine rings is 1. The molecule has 1 fully saturated rings. The van der Waals surface area contributed by atoms with Gasteiger partial charge in [-0.25, -0.2) is 9.97 Å². The minimum Gasteiger partial charge on any atom is -0.373 e. The van der Waals surface area contributed by atoms with E-state index < -0.39 is 0 Å². The number of rotatable bonds is 6. The molecule has 5 nitrogen and oxygen atoms in total. The largest absolute Gasteiger partial charge is 0.373 e. The molecule has 0 aromatic carbocycles. The lowest BCUT2D eigenvalue weighted by atomic mass is 10.1. The van der Waals surface area contributed by atoms with Crippen LogP contribution in [0.3, 0.4) is 0 Å². The minimum atomic E-state index is 0.979. The van der Waals surface area contributed by atoms with Crippen molar-refractivity contribution in [3.63, 3.8) is 0 Å². The Bertz CT molecular complexity index is 413. The summed E-state index contributed by atoms with van der Waals surface area (Å²) in [5.74, 6) is 2.11. The molecule has 2 rings (SSSR count). The van der Waals surface area contributed by atoms with Gasteiger partial charge < -0.3 is 10.2 Å². The number of nitrogens with one attached hydrogen (secondary N) is 1. The molecule has 1 aliphatic heterocycles. The van der Waals surface area contributed by atoms with E-state index in [0.29, 0.717) is 0 Å². The highest BCUT2D eigenvalue weighted by molar-refractivity contribution is 5.58. The molecule has 0 radical (unpaired) electrons. The van der Waals surface area contributed by atoms with Gasteiger partial charge in [-0.2, -0.15) is 0 Å². The Morgan fingerprint density at radius 2 is 1.85 bits per heavy atom. The summed E-state index contributed by atoms with van der Waals surface area (Å²) in [5.41, 5.74) is 1.27. The van der Waals surface area contributed by atoms with Crippen molar-refractivity contribution < 1.29 is 0 Å². The quantitative estimate of drug-likeness (QED) is 0.861. The molecule has 0 aliphatic carbocycles. The third-order valence-electron chi connectivity index (χ3n) is 3.87. The van der Waals surface area contributed by atoms with Crippen molar-refractivity contribution >= 4 is 11.6 Å². The molecule has 1 aromatic rings. The van der Waals surface area contributed by atoms with Crippen LogP contribution in [0.2, 0.25) is 0 Å². The molecule has 20 heavy (non-hydrogen) atoms. The van der Waals surface area contributed by atoms with Gasteiger partial charge in [0.25, 0.3) is 0 Å². The van der Waals surface area contributed by atoms with Crippen molar-refractivity contribution in [3.05, 3.63) is 11.9 Å².